The Morgan fingerprint density at radius 2 is 1.96 bits per heavy atom. The number of rotatable bonds is 9. The van der Waals surface area contributed by atoms with Gasteiger partial charge in [-0.3, -0.25) is 9.36 Å². The van der Waals surface area contributed by atoms with Crippen molar-refractivity contribution in [3.8, 4) is 5.88 Å². The first-order chi connectivity index (χ1) is 12.8. The van der Waals surface area contributed by atoms with Gasteiger partial charge in [-0.05, 0) is 37.5 Å². The van der Waals surface area contributed by atoms with Crippen LogP contribution in [-0.2, 0) is 0 Å². The largest absolute Gasteiger partial charge is 0.478 e. The van der Waals surface area contributed by atoms with Crippen LogP contribution >= 0.6 is 11.8 Å². The normalized spacial score (nSPS) is 11.0. The minimum Gasteiger partial charge on any atom is -0.478 e. The van der Waals surface area contributed by atoms with Gasteiger partial charge in [0, 0.05) is 24.4 Å². The number of fused-ring (bicyclic) bond motifs is 1. The Balaban J connectivity index is 1.47. The van der Waals surface area contributed by atoms with E-state index < -0.39 is 0 Å². The zero-order chi connectivity index (χ0) is 18.2. The van der Waals surface area contributed by atoms with Gasteiger partial charge in [0.2, 0.25) is 11.8 Å². The predicted octanol–water partition coefficient (Wildman–Crippen LogP) is 4.82. The summed E-state index contributed by atoms with van der Waals surface area (Å²) in [6.45, 7) is 2.56. The molecule has 0 aliphatic carbocycles. The molecule has 3 aromatic rings. The zero-order valence-corrected chi connectivity index (χ0v) is 15.7. The lowest BCUT2D eigenvalue weighted by atomic mass is 10.3. The lowest BCUT2D eigenvalue weighted by Crippen LogP contribution is -2.10. The minimum absolute atomic E-state index is 0.0879. The van der Waals surface area contributed by atoms with Crippen molar-refractivity contribution in [3.63, 3.8) is 0 Å². The smallest absolute Gasteiger partial charge is 0.232 e. The summed E-state index contributed by atoms with van der Waals surface area (Å²) in [6.07, 6.45) is 5.32. The number of thioether (sulfide) groups is 1. The standard InChI is InChI=1S/C20H23N3O2S/c1-2-19(24)23-17-11-5-4-10-16(17)22-20(23)26-15-9-3-8-14-25-18-12-6-7-13-21-18/h4-7,10-13H,2-3,8-9,14-15H2,1H3. The number of aromatic nitrogens is 3. The van der Waals surface area contributed by atoms with E-state index in [1.807, 2.05) is 49.4 Å². The van der Waals surface area contributed by atoms with Crippen molar-refractivity contribution in [1.82, 2.24) is 14.5 Å². The Morgan fingerprint density at radius 1 is 1.12 bits per heavy atom. The molecule has 0 unspecified atom stereocenters. The summed E-state index contributed by atoms with van der Waals surface area (Å²) in [5, 5.41) is 0.794. The molecule has 2 heterocycles. The molecular formula is C20H23N3O2S. The molecule has 0 spiro atoms. The molecule has 0 saturated heterocycles. The van der Waals surface area contributed by atoms with Crippen molar-refractivity contribution in [3.05, 3.63) is 48.7 Å². The number of carbonyl (C=O) groups excluding carboxylic acids is 1. The van der Waals surface area contributed by atoms with Crippen molar-refractivity contribution in [2.75, 3.05) is 12.4 Å². The molecule has 0 amide bonds. The van der Waals surface area contributed by atoms with E-state index in [1.54, 1.807) is 22.5 Å². The van der Waals surface area contributed by atoms with Gasteiger partial charge in [0.15, 0.2) is 5.16 Å². The molecule has 0 saturated carbocycles. The summed E-state index contributed by atoms with van der Waals surface area (Å²) >= 11 is 1.65. The molecule has 3 rings (SSSR count). The highest BCUT2D eigenvalue weighted by atomic mass is 32.2. The zero-order valence-electron chi connectivity index (χ0n) is 14.9. The average Bonchev–Trinajstić information content (AvgIpc) is 3.05. The van der Waals surface area contributed by atoms with Crippen molar-refractivity contribution < 1.29 is 9.53 Å². The number of hydrogen-bond acceptors (Lipinski definition) is 5. The van der Waals surface area contributed by atoms with Crippen LogP contribution in [0.2, 0.25) is 0 Å². The van der Waals surface area contributed by atoms with Crippen LogP contribution in [0.1, 0.15) is 37.4 Å². The van der Waals surface area contributed by atoms with E-state index in [0.29, 0.717) is 18.9 Å². The van der Waals surface area contributed by atoms with Crippen LogP contribution in [0.3, 0.4) is 0 Å². The van der Waals surface area contributed by atoms with Gasteiger partial charge >= 0.3 is 0 Å². The topological polar surface area (TPSA) is 57.0 Å². The van der Waals surface area contributed by atoms with Crippen LogP contribution in [0, 0.1) is 0 Å². The van der Waals surface area contributed by atoms with Gasteiger partial charge in [0.05, 0.1) is 17.6 Å². The number of carbonyl (C=O) groups is 1. The Morgan fingerprint density at radius 3 is 2.77 bits per heavy atom. The summed E-state index contributed by atoms with van der Waals surface area (Å²) in [5.41, 5.74) is 1.77. The minimum atomic E-state index is 0.0879. The molecule has 1 aromatic carbocycles. The highest BCUT2D eigenvalue weighted by Crippen LogP contribution is 2.25. The number of ether oxygens (including phenoxy) is 1. The summed E-state index contributed by atoms with van der Waals surface area (Å²) in [5.74, 6) is 1.70. The van der Waals surface area contributed by atoms with Crippen LogP contribution in [-0.4, -0.2) is 32.8 Å². The van der Waals surface area contributed by atoms with E-state index in [9.17, 15) is 4.79 Å². The monoisotopic (exact) mass is 369 g/mol. The Hall–Kier alpha value is -2.34. The van der Waals surface area contributed by atoms with E-state index in [-0.39, 0.29) is 5.91 Å². The van der Waals surface area contributed by atoms with Gasteiger partial charge < -0.3 is 4.74 Å². The molecule has 26 heavy (non-hydrogen) atoms. The number of nitrogens with zero attached hydrogens (tertiary/aromatic N) is 3. The van der Waals surface area contributed by atoms with Gasteiger partial charge in [-0.25, -0.2) is 9.97 Å². The molecule has 5 nitrogen and oxygen atoms in total. The van der Waals surface area contributed by atoms with E-state index in [4.69, 9.17) is 4.74 Å². The Labute approximate surface area is 157 Å². The third kappa shape index (κ3) is 4.64. The van der Waals surface area contributed by atoms with E-state index in [1.165, 1.54) is 0 Å². The number of para-hydroxylation sites is 2. The van der Waals surface area contributed by atoms with Crippen molar-refractivity contribution >= 4 is 28.7 Å². The third-order valence-corrected chi connectivity index (χ3v) is 5.01. The van der Waals surface area contributed by atoms with Crippen LogP contribution in [0.4, 0.5) is 0 Å². The Kier molecular flexibility index (Phi) is 6.66. The lowest BCUT2D eigenvalue weighted by molar-refractivity contribution is 0.0903. The highest BCUT2D eigenvalue weighted by molar-refractivity contribution is 7.99. The van der Waals surface area contributed by atoms with Crippen LogP contribution in [0.15, 0.2) is 53.8 Å². The molecule has 0 bridgehead atoms. The number of benzene rings is 1. The van der Waals surface area contributed by atoms with Gasteiger partial charge in [-0.15, -0.1) is 0 Å². The number of pyridine rings is 1. The maximum Gasteiger partial charge on any atom is 0.232 e. The fourth-order valence-electron chi connectivity index (χ4n) is 2.65. The molecule has 2 aromatic heterocycles. The summed E-state index contributed by atoms with van der Waals surface area (Å²) in [6, 6.07) is 13.5. The summed E-state index contributed by atoms with van der Waals surface area (Å²) in [4.78, 5) is 21.1. The van der Waals surface area contributed by atoms with Crippen molar-refractivity contribution in [1.29, 1.82) is 0 Å². The average molecular weight is 369 g/mol. The second-order valence-corrected chi connectivity index (χ2v) is 6.95. The molecule has 0 radical (unpaired) electrons. The van der Waals surface area contributed by atoms with Gasteiger partial charge in [0.1, 0.15) is 0 Å². The summed E-state index contributed by atoms with van der Waals surface area (Å²) in [7, 11) is 0. The molecule has 0 atom stereocenters. The van der Waals surface area contributed by atoms with Crippen molar-refractivity contribution in [2.24, 2.45) is 0 Å². The second-order valence-electron chi connectivity index (χ2n) is 5.89. The molecule has 0 aliphatic rings. The van der Waals surface area contributed by atoms with Gasteiger partial charge in [0.25, 0.3) is 0 Å². The first-order valence-corrected chi connectivity index (χ1v) is 9.95. The first kappa shape index (κ1) is 18.5. The molecule has 0 fully saturated rings. The number of unbranched alkanes of at least 4 members (excludes halogenated alkanes) is 2. The van der Waals surface area contributed by atoms with Crippen LogP contribution in [0.5, 0.6) is 5.88 Å². The predicted molar refractivity (Wildman–Crippen MR) is 105 cm³/mol. The SMILES string of the molecule is CCC(=O)n1c(SCCCCCOc2ccccn2)nc2ccccc21. The van der Waals surface area contributed by atoms with Gasteiger partial charge in [-0.2, -0.15) is 0 Å². The fraction of sp³-hybridized carbons (Fsp3) is 0.350. The molecule has 0 N–H and O–H groups in total. The quantitative estimate of drug-likeness (QED) is 0.400. The number of imidazole rings is 1. The van der Waals surface area contributed by atoms with E-state index in [0.717, 1.165) is 41.2 Å². The van der Waals surface area contributed by atoms with E-state index >= 15 is 0 Å². The molecule has 136 valence electrons. The molecular weight excluding hydrogens is 346 g/mol. The molecule has 6 heteroatoms. The second kappa shape index (κ2) is 9.38. The number of hydrogen-bond donors (Lipinski definition) is 0. The van der Waals surface area contributed by atoms with E-state index in [2.05, 4.69) is 9.97 Å². The third-order valence-electron chi connectivity index (χ3n) is 3.99. The highest BCUT2D eigenvalue weighted by Gasteiger charge is 2.15. The fourth-order valence-corrected chi connectivity index (χ4v) is 3.68. The first-order valence-electron chi connectivity index (χ1n) is 8.97. The summed E-state index contributed by atoms with van der Waals surface area (Å²) < 4.78 is 7.35. The maximum atomic E-state index is 12.3. The molecule has 0 aliphatic heterocycles. The van der Waals surface area contributed by atoms with Crippen molar-refractivity contribution in [2.45, 2.75) is 37.8 Å². The Bertz CT molecular complexity index is 849. The van der Waals surface area contributed by atoms with Crippen LogP contribution < -0.4 is 4.74 Å². The lowest BCUT2D eigenvalue weighted by Gasteiger charge is -2.06. The maximum absolute atomic E-state index is 12.3. The van der Waals surface area contributed by atoms with Gasteiger partial charge in [-0.1, -0.05) is 36.9 Å². The van der Waals surface area contributed by atoms with Crippen LogP contribution in [0.25, 0.3) is 11.0 Å².